The third-order valence-corrected chi connectivity index (χ3v) is 5.98. The number of ether oxygens (including phenoxy) is 1. The Morgan fingerprint density at radius 1 is 1.17 bits per heavy atom. The molecule has 1 aliphatic heterocycles. The van der Waals surface area contributed by atoms with E-state index >= 15 is 0 Å². The minimum absolute atomic E-state index is 0.00863. The topological polar surface area (TPSA) is 105 Å². The molecule has 0 aromatic heterocycles. The van der Waals surface area contributed by atoms with Gasteiger partial charge < -0.3 is 4.74 Å². The first-order valence-electron chi connectivity index (χ1n) is 6.96. The first-order valence-corrected chi connectivity index (χ1v) is 9.26. The molecule has 126 valence electrons. The van der Waals surface area contributed by atoms with Crippen molar-refractivity contribution in [1.29, 1.82) is 0 Å². The molecule has 0 saturated heterocycles. The normalized spacial score (nSPS) is 14.1. The van der Waals surface area contributed by atoms with E-state index in [9.17, 15) is 13.2 Å². The molecule has 0 aliphatic carbocycles. The minimum Gasteiger partial charge on any atom is -0.455 e. The van der Waals surface area contributed by atoms with E-state index in [1.807, 2.05) is 24.3 Å². The first-order chi connectivity index (χ1) is 11.4. The average molecular weight is 366 g/mol. The van der Waals surface area contributed by atoms with Crippen LogP contribution in [0.2, 0.25) is 0 Å². The maximum absolute atomic E-state index is 12.4. The molecule has 0 fully saturated rings. The average Bonchev–Trinajstić information content (AvgIpc) is 2.58. The van der Waals surface area contributed by atoms with Gasteiger partial charge in [0.15, 0.2) is 0 Å². The summed E-state index contributed by atoms with van der Waals surface area (Å²) < 4.78 is 32.7. The van der Waals surface area contributed by atoms with Gasteiger partial charge in [0.25, 0.3) is 5.91 Å². The van der Waals surface area contributed by atoms with E-state index in [2.05, 4.69) is 4.72 Å². The van der Waals surface area contributed by atoms with E-state index < -0.39 is 22.0 Å². The lowest BCUT2D eigenvalue weighted by molar-refractivity contribution is -0.130. The van der Waals surface area contributed by atoms with E-state index in [1.54, 1.807) is 6.07 Å². The van der Waals surface area contributed by atoms with Gasteiger partial charge >= 0.3 is 0 Å². The number of nitrogens with one attached hydrogen (secondary N) is 2. The Morgan fingerprint density at radius 3 is 2.62 bits per heavy atom. The highest BCUT2D eigenvalue weighted by Gasteiger charge is 2.24. The summed E-state index contributed by atoms with van der Waals surface area (Å²) in [7, 11) is -3.92. The van der Waals surface area contributed by atoms with Crippen molar-refractivity contribution in [2.75, 3.05) is 0 Å². The molecule has 24 heavy (non-hydrogen) atoms. The largest absolute Gasteiger partial charge is 0.455 e. The number of carbonyl (C=O) groups excluding carboxylic acids is 1. The fourth-order valence-corrected chi connectivity index (χ4v) is 4.42. The molecule has 2 aromatic rings. The van der Waals surface area contributed by atoms with Gasteiger partial charge in [-0.1, -0.05) is 23.9 Å². The summed E-state index contributed by atoms with van der Waals surface area (Å²) in [6, 6.07) is 10.8. The van der Waals surface area contributed by atoms with Crippen molar-refractivity contribution in [2.24, 2.45) is 0 Å². The molecule has 0 spiro atoms. The zero-order valence-corrected chi connectivity index (χ0v) is 14.1. The Labute approximate surface area is 143 Å². The molecule has 1 amide bonds. The van der Waals surface area contributed by atoms with Crippen LogP contribution in [0.3, 0.4) is 0 Å². The number of benzene rings is 2. The van der Waals surface area contributed by atoms with Gasteiger partial charge in [-0.15, -0.1) is 0 Å². The van der Waals surface area contributed by atoms with E-state index in [4.69, 9.17) is 9.94 Å². The van der Waals surface area contributed by atoms with E-state index in [0.717, 1.165) is 10.6 Å². The van der Waals surface area contributed by atoms with Crippen LogP contribution in [0.25, 0.3) is 0 Å². The van der Waals surface area contributed by atoms with Gasteiger partial charge in [-0.25, -0.2) is 13.9 Å². The summed E-state index contributed by atoms with van der Waals surface area (Å²) in [4.78, 5) is 12.8. The maximum Gasteiger partial charge on any atom is 0.261 e. The third-order valence-electron chi connectivity index (χ3n) is 3.35. The zero-order chi connectivity index (χ0) is 17.3. The van der Waals surface area contributed by atoms with E-state index in [0.29, 0.717) is 10.6 Å². The molecule has 1 heterocycles. The number of carbonyl (C=O) groups is 1. The lowest BCUT2D eigenvalue weighted by Crippen LogP contribution is -2.43. The third kappa shape index (κ3) is 3.24. The van der Waals surface area contributed by atoms with Crippen LogP contribution in [-0.2, 0) is 14.8 Å². The summed E-state index contributed by atoms with van der Waals surface area (Å²) >= 11 is 1.41. The van der Waals surface area contributed by atoms with Gasteiger partial charge in [-0.2, -0.15) is 4.72 Å². The maximum atomic E-state index is 12.4. The lowest BCUT2D eigenvalue weighted by atomic mass is 10.3. The van der Waals surface area contributed by atoms with Crippen LogP contribution >= 0.6 is 11.8 Å². The minimum atomic E-state index is -3.92. The Bertz CT molecular complexity index is 898. The fourth-order valence-electron chi connectivity index (χ4n) is 2.13. The Kier molecular flexibility index (Phi) is 4.50. The molecule has 0 radical (unpaired) electrons. The summed E-state index contributed by atoms with van der Waals surface area (Å²) in [5.74, 6) is 0.443. The standard InChI is InChI=1S/C15H14N2O5S2/c1-9(15(18)16-19)17-24(20,21)10-6-7-12-14(8-10)23-13-5-3-2-4-11(13)22-12/h2-9,17,19H,1H3,(H,16,18)/t9-/m0/s1. The van der Waals surface area contributed by atoms with Crippen molar-refractivity contribution in [3.05, 3.63) is 42.5 Å². The zero-order valence-electron chi connectivity index (χ0n) is 12.5. The van der Waals surface area contributed by atoms with Crippen LogP contribution in [-0.4, -0.2) is 25.6 Å². The molecule has 2 aromatic carbocycles. The molecule has 3 rings (SSSR count). The number of para-hydroxylation sites is 1. The quantitative estimate of drug-likeness (QED) is 0.483. The van der Waals surface area contributed by atoms with Crippen molar-refractivity contribution >= 4 is 27.7 Å². The molecule has 1 aliphatic rings. The second-order valence-corrected chi connectivity index (χ2v) is 7.88. The van der Waals surface area contributed by atoms with Gasteiger partial charge in [-0.05, 0) is 37.3 Å². The van der Waals surface area contributed by atoms with Crippen LogP contribution in [0, 0.1) is 0 Å². The number of rotatable bonds is 4. The fraction of sp³-hybridized carbons (Fsp3) is 0.133. The highest BCUT2D eigenvalue weighted by molar-refractivity contribution is 7.99. The van der Waals surface area contributed by atoms with Crippen molar-refractivity contribution in [1.82, 2.24) is 10.2 Å². The molecule has 7 nitrogen and oxygen atoms in total. The molecular formula is C15H14N2O5S2. The van der Waals surface area contributed by atoms with Gasteiger partial charge in [-0.3, -0.25) is 10.0 Å². The van der Waals surface area contributed by atoms with E-state index in [1.165, 1.54) is 36.3 Å². The molecule has 0 bridgehead atoms. The van der Waals surface area contributed by atoms with Gasteiger partial charge in [0.05, 0.1) is 14.7 Å². The Morgan fingerprint density at radius 2 is 1.88 bits per heavy atom. The van der Waals surface area contributed by atoms with Crippen LogP contribution in [0.1, 0.15) is 6.92 Å². The molecule has 0 saturated carbocycles. The lowest BCUT2D eigenvalue weighted by Gasteiger charge is -2.20. The molecule has 9 heteroatoms. The molecule has 3 N–H and O–H groups in total. The van der Waals surface area contributed by atoms with Crippen molar-refractivity contribution < 1.29 is 23.2 Å². The summed E-state index contributed by atoms with van der Waals surface area (Å²) in [5.41, 5.74) is 1.41. The van der Waals surface area contributed by atoms with Gasteiger partial charge in [0.2, 0.25) is 10.0 Å². The van der Waals surface area contributed by atoms with Crippen molar-refractivity contribution in [2.45, 2.75) is 27.7 Å². The summed E-state index contributed by atoms with van der Waals surface area (Å²) in [6.45, 7) is 1.33. The van der Waals surface area contributed by atoms with E-state index in [-0.39, 0.29) is 4.90 Å². The Balaban J connectivity index is 1.88. The van der Waals surface area contributed by atoms with Crippen LogP contribution in [0.4, 0.5) is 0 Å². The van der Waals surface area contributed by atoms with Gasteiger partial charge in [0, 0.05) is 0 Å². The predicted octanol–water partition coefficient (Wildman–Crippen LogP) is 2.12. The predicted molar refractivity (Wildman–Crippen MR) is 86.8 cm³/mol. The second kappa shape index (κ2) is 6.44. The van der Waals surface area contributed by atoms with Crippen molar-refractivity contribution in [3.8, 4) is 11.5 Å². The summed E-state index contributed by atoms with van der Waals surface area (Å²) in [6.07, 6.45) is 0. The molecule has 1 atom stereocenters. The van der Waals surface area contributed by atoms with Gasteiger partial charge in [0.1, 0.15) is 17.5 Å². The monoisotopic (exact) mass is 366 g/mol. The number of sulfonamides is 1. The van der Waals surface area contributed by atoms with Crippen LogP contribution in [0.5, 0.6) is 11.5 Å². The Hall–Kier alpha value is -2.07. The highest BCUT2D eigenvalue weighted by atomic mass is 32.2. The van der Waals surface area contributed by atoms with Crippen LogP contribution in [0.15, 0.2) is 57.2 Å². The molecule has 0 unspecified atom stereocenters. The smallest absolute Gasteiger partial charge is 0.261 e. The number of fused-ring (bicyclic) bond motifs is 2. The molecular weight excluding hydrogens is 352 g/mol. The number of hydrogen-bond acceptors (Lipinski definition) is 6. The van der Waals surface area contributed by atoms with Crippen molar-refractivity contribution in [3.63, 3.8) is 0 Å². The van der Waals surface area contributed by atoms with Crippen LogP contribution < -0.4 is 14.9 Å². The summed E-state index contributed by atoms with van der Waals surface area (Å²) in [5, 5.41) is 8.57. The number of hydroxylamine groups is 1. The number of amides is 1. The second-order valence-electron chi connectivity index (χ2n) is 5.08. The highest BCUT2D eigenvalue weighted by Crippen LogP contribution is 2.47. The first kappa shape index (κ1) is 16.8. The SMILES string of the molecule is C[C@H](NS(=O)(=O)c1ccc2c(c1)Sc1ccccc1O2)C(=O)NO. The number of hydrogen-bond donors (Lipinski definition) is 3.